The van der Waals surface area contributed by atoms with E-state index in [-0.39, 0.29) is 10.8 Å². The SMILES string of the molecule is CS(=O)(=O)c1ccc2nc(N(CCN3CCOCC3)C(=O)c3ccc4c(c3)CCCC4)sc2c1. The number of hydrogen-bond acceptors (Lipinski definition) is 7. The van der Waals surface area contributed by atoms with Crippen molar-refractivity contribution in [2.45, 2.75) is 30.6 Å². The molecule has 1 saturated heterocycles. The number of nitrogens with zero attached hydrogens (tertiary/aromatic N) is 3. The highest BCUT2D eigenvalue weighted by Crippen LogP contribution is 2.32. The number of fused-ring (bicyclic) bond motifs is 2. The lowest BCUT2D eigenvalue weighted by Crippen LogP contribution is -2.43. The molecule has 1 aromatic heterocycles. The number of amides is 1. The molecule has 0 bridgehead atoms. The number of thiazole rings is 1. The molecule has 2 aliphatic rings. The predicted octanol–water partition coefficient (Wildman–Crippen LogP) is 3.56. The van der Waals surface area contributed by atoms with Crippen molar-refractivity contribution in [1.29, 1.82) is 0 Å². The lowest BCUT2D eigenvalue weighted by atomic mass is 9.90. The Hall–Kier alpha value is -2.33. The number of aromatic nitrogens is 1. The topological polar surface area (TPSA) is 79.8 Å². The van der Waals surface area contributed by atoms with Crippen molar-refractivity contribution in [3.05, 3.63) is 53.1 Å². The first-order valence-electron chi connectivity index (χ1n) is 11.7. The van der Waals surface area contributed by atoms with E-state index in [1.54, 1.807) is 23.1 Å². The van der Waals surface area contributed by atoms with Gasteiger partial charge in [0.25, 0.3) is 5.91 Å². The normalized spacial score (nSPS) is 17.0. The Kier molecular flexibility index (Phi) is 6.70. The summed E-state index contributed by atoms with van der Waals surface area (Å²) in [6.45, 7) is 4.33. The van der Waals surface area contributed by atoms with Crippen LogP contribution < -0.4 is 4.90 Å². The number of hydrogen-bond donors (Lipinski definition) is 0. The van der Waals surface area contributed by atoms with Crippen LogP contribution in [0.3, 0.4) is 0 Å². The van der Waals surface area contributed by atoms with Crippen molar-refractivity contribution >= 4 is 42.4 Å². The molecule has 1 aliphatic carbocycles. The molecule has 0 unspecified atom stereocenters. The van der Waals surface area contributed by atoms with Crippen LogP contribution >= 0.6 is 11.3 Å². The Balaban J connectivity index is 1.48. The molecule has 9 heteroatoms. The molecule has 7 nitrogen and oxygen atoms in total. The van der Waals surface area contributed by atoms with E-state index in [1.807, 2.05) is 12.1 Å². The quantitative estimate of drug-likeness (QED) is 0.516. The Labute approximate surface area is 204 Å². The van der Waals surface area contributed by atoms with E-state index < -0.39 is 9.84 Å². The number of carbonyl (C=O) groups is 1. The number of anilines is 1. The Morgan fingerprint density at radius 1 is 1.09 bits per heavy atom. The van der Waals surface area contributed by atoms with Gasteiger partial charge in [-0.1, -0.05) is 17.4 Å². The van der Waals surface area contributed by atoms with Gasteiger partial charge < -0.3 is 4.74 Å². The smallest absolute Gasteiger partial charge is 0.260 e. The predicted molar refractivity (Wildman–Crippen MR) is 135 cm³/mol. The second-order valence-corrected chi connectivity index (χ2v) is 12.0. The van der Waals surface area contributed by atoms with Crippen LogP contribution in [-0.4, -0.2) is 69.9 Å². The average Bonchev–Trinajstić information content (AvgIpc) is 3.27. The zero-order chi connectivity index (χ0) is 23.7. The number of ether oxygens (including phenoxy) is 1. The molecular formula is C25H29N3O4S2. The summed E-state index contributed by atoms with van der Waals surface area (Å²) >= 11 is 1.36. The van der Waals surface area contributed by atoms with E-state index in [4.69, 9.17) is 9.72 Å². The standard InChI is InChI=1S/C25H29N3O4S2/c1-34(30,31)21-8-9-22-23(17-21)33-25(26-22)28(11-10-27-12-14-32-15-13-27)24(29)20-7-6-18-4-2-3-5-19(18)16-20/h6-9,16-17H,2-5,10-15H2,1H3. The van der Waals surface area contributed by atoms with Gasteiger partial charge in [-0.2, -0.15) is 0 Å². The van der Waals surface area contributed by atoms with Gasteiger partial charge in [-0.25, -0.2) is 13.4 Å². The molecule has 3 aromatic rings. The molecule has 0 spiro atoms. The van der Waals surface area contributed by atoms with Gasteiger partial charge in [0.2, 0.25) is 0 Å². The van der Waals surface area contributed by atoms with E-state index in [2.05, 4.69) is 11.0 Å². The minimum atomic E-state index is -3.32. The van der Waals surface area contributed by atoms with Gasteiger partial charge in [-0.05, 0) is 67.1 Å². The van der Waals surface area contributed by atoms with Crippen molar-refractivity contribution in [1.82, 2.24) is 9.88 Å². The van der Waals surface area contributed by atoms with E-state index in [0.29, 0.717) is 36.0 Å². The summed E-state index contributed by atoms with van der Waals surface area (Å²) in [5, 5.41) is 0.594. The second kappa shape index (κ2) is 9.73. The fourth-order valence-electron chi connectivity index (χ4n) is 4.61. The highest BCUT2D eigenvalue weighted by Gasteiger charge is 2.24. The molecule has 1 amide bonds. The van der Waals surface area contributed by atoms with Crippen molar-refractivity contribution < 1.29 is 17.9 Å². The minimum absolute atomic E-state index is 0.0657. The third kappa shape index (κ3) is 5.02. The first-order valence-corrected chi connectivity index (χ1v) is 14.4. The zero-order valence-electron chi connectivity index (χ0n) is 19.3. The second-order valence-electron chi connectivity index (χ2n) is 9.00. The van der Waals surface area contributed by atoms with Crippen LogP contribution in [-0.2, 0) is 27.4 Å². The monoisotopic (exact) mass is 499 g/mol. The number of benzene rings is 2. The van der Waals surface area contributed by atoms with Crippen LogP contribution in [0, 0.1) is 0 Å². The first kappa shape index (κ1) is 23.4. The molecule has 0 radical (unpaired) electrons. The largest absolute Gasteiger partial charge is 0.379 e. The molecule has 2 heterocycles. The lowest BCUT2D eigenvalue weighted by molar-refractivity contribution is 0.0391. The first-order chi connectivity index (χ1) is 16.4. The number of aryl methyl sites for hydroxylation is 2. The molecular weight excluding hydrogens is 470 g/mol. The van der Waals surface area contributed by atoms with E-state index in [0.717, 1.165) is 43.6 Å². The number of sulfone groups is 1. The maximum absolute atomic E-state index is 13.8. The summed E-state index contributed by atoms with van der Waals surface area (Å²) in [4.78, 5) is 22.8. The van der Waals surface area contributed by atoms with Gasteiger partial charge in [0.05, 0.1) is 28.3 Å². The minimum Gasteiger partial charge on any atom is -0.379 e. The van der Waals surface area contributed by atoms with Crippen LogP contribution in [0.1, 0.15) is 34.3 Å². The van der Waals surface area contributed by atoms with Crippen molar-refractivity contribution in [2.24, 2.45) is 0 Å². The molecule has 1 aliphatic heterocycles. The van der Waals surface area contributed by atoms with Crippen LogP contribution in [0.25, 0.3) is 10.2 Å². The summed E-state index contributed by atoms with van der Waals surface area (Å²) in [6, 6.07) is 11.0. The Bertz CT molecular complexity index is 1310. The van der Waals surface area contributed by atoms with E-state index in [9.17, 15) is 13.2 Å². The van der Waals surface area contributed by atoms with Crippen molar-refractivity contribution in [3.8, 4) is 0 Å². The van der Waals surface area contributed by atoms with Gasteiger partial charge >= 0.3 is 0 Å². The van der Waals surface area contributed by atoms with E-state index in [1.165, 1.54) is 35.1 Å². The van der Waals surface area contributed by atoms with Gasteiger partial charge in [0, 0.05) is 38.0 Å². The summed E-state index contributed by atoms with van der Waals surface area (Å²) in [5.41, 5.74) is 3.99. The Morgan fingerprint density at radius 2 is 1.85 bits per heavy atom. The third-order valence-corrected chi connectivity index (χ3v) is 8.74. The van der Waals surface area contributed by atoms with Gasteiger partial charge in [-0.15, -0.1) is 0 Å². The maximum atomic E-state index is 13.8. The fraction of sp³-hybridized carbons (Fsp3) is 0.440. The fourth-order valence-corrected chi connectivity index (χ4v) is 6.36. The highest BCUT2D eigenvalue weighted by atomic mass is 32.2. The molecule has 180 valence electrons. The number of carbonyl (C=O) groups excluding carboxylic acids is 1. The lowest BCUT2D eigenvalue weighted by Gasteiger charge is -2.29. The van der Waals surface area contributed by atoms with Crippen LogP contribution in [0.5, 0.6) is 0 Å². The summed E-state index contributed by atoms with van der Waals surface area (Å²) < 4.78 is 30.2. The summed E-state index contributed by atoms with van der Waals surface area (Å²) in [6.07, 6.45) is 5.65. The third-order valence-electron chi connectivity index (χ3n) is 6.59. The van der Waals surface area contributed by atoms with Gasteiger partial charge in [-0.3, -0.25) is 14.6 Å². The molecule has 0 atom stereocenters. The molecule has 1 fully saturated rings. The molecule has 34 heavy (non-hydrogen) atoms. The molecule has 2 aromatic carbocycles. The molecule has 0 N–H and O–H groups in total. The highest BCUT2D eigenvalue weighted by molar-refractivity contribution is 7.90. The number of morpholine rings is 1. The number of rotatable bonds is 6. The molecule has 0 saturated carbocycles. The van der Waals surface area contributed by atoms with Crippen LogP contribution in [0.15, 0.2) is 41.3 Å². The van der Waals surface area contributed by atoms with Crippen molar-refractivity contribution in [2.75, 3.05) is 50.5 Å². The van der Waals surface area contributed by atoms with E-state index >= 15 is 0 Å². The zero-order valence-corrected chi connectivity index (χ0v) is 21.0. The average molecular weight is 500 g/mol. The van der Waals surface area contributed by atoms with Crippen LogP contribution in [0.4, 0.5) is 5.13 Å². The summed E-state index contributed by atoms with van der Waals surface area (Å²) in [5.74, 6) is -0.0657. The van der Waals surface area contributed by atoms with Gasteiger partial charge in [0.1, 0.15) is 0 Å². The summed E-state index contributed by atoms with van der Waals surface area (Å²) in [7, 11) is -3.32. The van der Waals surface area contributed by atoms with Gasteiger partial charge in [0.15, 0.2) is 15.0 Å². The van der Waals surface area contributed by atoms with Crippen molar-refractivity contribution in [3.63, 3.8) is 0 Å². The molecule has 5 rings (SSSR count). The Morgan fingerprint density at radius 3 is 2.62 bits per heavy atom. The van der Waals surface area contributed by atoms with Crippen LogP contribution in [0.2, 0.25) is 0 Å². The maximum Gasteiger partial charge on any atom is 0.260 e.